The largest absolute Gasteiger partial charge is 0.379 e. The molecule has 0 amide bonds. The van der Waals surface area contributed by atoms with Crippen LogP contribution in [0.15, 0.2) is 18.2 Å². The molecule has 1 aromatic rings. The van der Waals surface area contributed by atoms with E-state index in [1.807, 2.05) is 0 Å². The minimum atomic E-state index is -3.03. The number of alkyl halides is 2. The molecule has 5 nitrogen and oxygen atoms in total. The third-order valence-corrected chi connectivity index (χ3v) is 2.34. The van der Waals surface area contributed by atoms with E-state index < -0.39 is 23.9 Å². The highest BCUT2D eigenvalue weighted by atomic mass is 19.3. The second kappa shape index (κ2) is 5.05. The molecule has 0 aliphatic heterocycles. The van der Waals surface area contributed by atoms with Crippen LogP contribution in [-0.4, -0.2) is 23.9 Å². The topological polar surface area (TPSA) is 81.2 Å². The van der Waals surface area contributed by atoms with Gasteiger partial charge in [-0.25, -0.2) is 8.78 Å². The second-order valence-corrected chi connectivity index (χ2v) is 3.62. The highest BCUT2D eigenvalue weighted by Crippen LogP contribution is 2.25. The number of anilines is 1. The molecule has 0 heterocycles. The maximum Gasteiger partial charge on any atom is 0.276 e. The van der Waals surface area contributed by atoms with Gasteiger partial charge in [0.15, 0.2) is 0 Å². The summed E-state index contributed by atoms with van der Waals surface area (Å²) in [6, 6.07) is 4.27. The lowest BCUT2D eigenvalue weighted by Gasteiger charge is -2.16. The minimum absolute atomic E-state index is 0.105. The van der Waals surface area contributed by atoms with E-state index in [0.717, 1.165) is 0 Å². The number of nitrogens with one attached hydrogen (secondary N) is 1. The summed E-state index contributed by atoms with van der Waals surface area (Å²) < 4.78 is 25.8. The van der Waals surface area contributed by atoms with Crippen molar-refractivity contribution >= 4 is 11.4 Å². The summed E-state index contributed by atoms with van der Waals surface area (Å²) in [6.07, 6.45) is 0. The van der Waals surface area contributed by atoms with Crippen molar-refractivity contribution in [2.45, 2.75) is 12.8 Å². The third kappa shape index (κ3) is 3.35. The molecule has 0 bridgehead atoms. The van der Waals surface area contributed by atoms with E-state index in [2.05, 4.69) is 5.32 Å². The van der Waals surface area contributed by atoms with E-state index in [-0.39, 0.29) is 5.69 Å². The molecule has 1 aromatic carbocycles. The molecule has 94 valence electrons. The van der Waals surface area contributed by atoms with Gasteiger partial charge in [-0.1, -0.05) is 6.07 Å². The number of nitro benzene ring substituents is 1. The number of hydrogen-bond donors (Lipinski definition) is 2. The number of benzene rings is 1. The van der Waals surface area contributed by atoms with Crippen LogP contribution in [-0.2, 0) is 0 Å². The first kappa shape index (κ1) is 13.3. The SMILES string of the molecule is Cc1c(NCC(F)(F)CN)cccc1[N+](=O)[O-]. The Morgan fingerprint density at radius 2 is 2.18 bits per heavy atom. The second-order valence-electron chi connectivity index (χ2n) is 3.62. The number of nitro groups is 1. The Bertz CT molecular complexity index is 424. The molecule has 7 heteroatoms. The fourth-order valence-electron chi connectivity index (χ4n) is 1.31. The number of halogens is 2. The fraction of sp³-hybridized carbons (Fsp3) is 0.400. The maximum atomic E-state index is 12.9. The first-order valence-electron chi connectivity index (χ1n) is 4.93. The number of nitrogens with two attached hydrogens (primary N) is 1. The van der Waals surface area contributed by atoms with Gasteiger partial charge in [-0.3, -0.25) is 10.1 Å². The van der Waals surface area contributed by atoms with Gasteiger partial charge in [-0.05, 0) is 13.0 Å². The molecule has 0 unspecified atom stereocenters. The van der Waals surface area contributed by atoms with Crippen molar-refractivity contribution in [3.05, 3.63) is 33.9 Å². The lowest BCUT2D eigenvalue weighted by molar-refractivity contribution is -0.385. The third-order valence-electron chi connectivity index (χ3n) is 2.34. The van der Waals surface area contributed by atoms with Crippen molar-refractivity contribution in [1.29, 1.82) is 0 Å². The molecule has 0 saturated heterocycles. The van der Waals surface area contributed by atoms with Crippen LogP contribution >= 0.6 is 0 Å². The number of nitrogens with zero attached hydrogens (tertiary/aromatic N) is 1. The van der Waals surface area contributed by atoms with E-state index >= 15 is 0 Å². The van der Waals surface area contributed by atoms with Gasteiger partial charge in [0.1, 0.15) is 0 Å². The Hall–Kier alpha value is -1.76. The molecule has 0 spiro atoms. The molecular weight excluding hydrogens is 232 g/mol. The quantitative estimate of drug-likeness (QED) is 0.613. The average Bonchev–Trinajstić information content (AvgIpc) is 2.27. The Morgan fingerprint density at radius 1 is 1.53 bits per heavy atom. The van der Waals surface area contributed by atoms with Crippen LogP contribution < -0.4 is 11.1 Å². The van der Waals surface area contributed by atoms with Gasteiger partial charge in [0, 0.05) is 17.3 Å². The molecular formula is C10H13F2N3O2. The van der Waals surface area contributed by atoms with E-state index in [1.165, 1.54) is 25.1 Å². The summed E-state index contributed by atoms with van der Waals surface area (Å²) in [5.41, 5.74) is 5.42. The molecule has 0 aliphatic rings. The van der Waals surface area contributed by atoms with E-state index in [1.54, 1.807) is 0 Å². The molecule has 0 aliphatic carbocycles. The number of rotatable bonds is 5. The van der Waals surface area contributed by atoms with Gasteiger partial charge >= 0.3 is 0 Å². The highest BCUT2D eigenvalue weighted by molar-refractivity contribution is 5.59. The van der Waals surface area contributed by atoms with E-state index in [0.29, 0.717) is 11.3 Å². The van der Waals surface area contributed by atoms with E-state index in [4.69, 9.17) is 5.73 Å². The van der Waals surface area contributed by atoms with Crippen LogP contribution in [0, 0.1) is 17.0 Å². The Balaban J connectivity index is 2.86. The smallest absolute Gasteiger partial charge is 0.276 e. The highest BCUT2D eigenvalue weighted by Gasteiger charge is 2.26. The van der Waals surface area contributed by atoms with Crippen LogP contribution in [0.3, 0.4) is 0 Å². The molecule has 0 atom stereocenters. The zero-order valence-corrected chi connectivity index (χ0v) is 9.24. The lowest BCUT2D eigenvalue weighted by atomic mass is 10.1. The Kier molecular flexibility index (Phi) is 3.95. The standard InChI is InChI=1S/C10H13F2N3O2/c1-7-8(14-6-10(11,12)5-13)3-2-4-9(7)15(16)17/h2-4,14H,5-6,13H2,1H3. The van der Waals surface area contributed by atoms with Crippen LogP contribution in [0.5, 0.6) is 0 Å². The van der Waals surface area contributed by atoms with Crippen LogP contribution in [0.25, 0.3) is 0 Å². The lowest BCUT2D eigenvalue weighted by Crippen LogP contribution is -2.35. The van der Waals surface area contributed by atoms with Gasteiger partial charge in [0.2, 0.25) is 0 Å². The first-order chi connectivity index (χ1) is 7.87. The zero-order valence-electron chi connectivity index (χ0n) is 9.24. The van der Waals surface area contributed by atoms with Crippen molar-refractivity contribution in [2.75, 3.05) is 18.4 Å². The van der Waals surface area contributed by atoms with E-state index in [9.17, 15) is 18.9 Å². The minimum Gasteiger partial charge on any atom is -0.379 e. The number of hydrogen-bond acceptors (Lipinski definition) is 4. The van der Waals surface area contributed by atoms with Crippen LogP contribution in [0.4, 0.5) is 20.2 Å². The van der Waals surface area contributed by atoms with Crippen molar-refractivity contribution in [1.82, 2.24) is 0 Å². The molecule has 0 aromatic heterocycles. The van der Waals surface area contributed by atoms with Crippen molar-refractivity contribution in [3.8, 4) is 0 Å². The van der Waals surface area contributed by atoms with Gasteiger partial charge in [-0.2, -0.15) is 0 Å². The summed E-state index contributed by atoms with van der Waals surface area (Å²) in [6.45, 7) is 0.0839. The van der Waals surface area contributed by atoms with Gasteiger partial charge in [0.25, 0.3) is 11.6 Å². The average molecular weight is 245 g/mol. The van der Waals surface area contributed by atoms with Crippen molar-refractivity contribution < 1.29 is 13.7 Å². The maximum absolute atomic E-state index is 12.9. The molecule has 1 rings (SSSR count). The molecule has 0 saturated carbocycles. The summed E-state index contributed by atoms with van der Waals surface area (Å²) in [7, 11) is 0. The van der Waals surface area contributed by atoms with Gasteiger partial charge < -0.3 is 11.1 Å². The van der Waals surface area contributed by atoms with Crippen LogP contribution in [0.2, 0.25) is 0 Å². The normalized spacial score (nSPS) is 11.3. The molecule has 17 heavy (non-hydrogen) atoms. The zero-order chi connectivity index (χ0) is 13.1. The summed E-state index contributed by atoms with van der Waals surface area (Å²) in [4.78, 5) is 10.1. The van der Waals surface area contributed by atoms with Crippen molar-refractivity contribution in [2.24, 2.45) is 5.73 Å². The van der Waals surface area contributed by atoms with Gasteiger partial charge in [0.05, 0.1) is 18.0 Å². The summed E-state index contributed by atoms with van der Waals surface area (Å²) in [5.74, 6) is -3.03. The predicted molar refractivity (Wildman–Crippen MR) is 60.3 cm³/mol. The fourth-order valence-corrected chi connectivity index (χ4v) is 1.31. The summed E-state index contributed by atoms with van der Waals surface area (Å²) >= 11 is 0. The van der Waals surface area contributed by atoms with Crippen molar-refractivity contribution in [3.63, 3.8) is 0 Å². The Labute approximate surface area is 96.8 Å². The Morgan fingerprint density at radius 3 is 2.71 bits per heavy atom. The molecule has 0 fully saturated rings. The summed E-state index contributed by atoms with van der Waals surface area (Å²) in [5, 5.41) is 13.1. The monoisotopic (exact) mass is 245 g/mol. The van der Waals surface area contributed by atoms with Crippen LogP contribution in [0.1, 0.15) is 5.56 Å². The van der Waals surface area contributed by atoms with Gasteiger partial charge in [-0.15, -0.1) is 0 Å². The molecule has 0 radical (unpaired) electrons. The first-order valence-corrected chi connectivity index (χ1v) is 4.93. The molecule has 3 N–H and O–H groups in total. The predicted octanol–water partition coefficient (Wildman–Crippen LogP) is 1.91.